The first-order valence-electron chi connectivity index (χ1n) is 7.68. The quantitative estimate of drug-likeness (QED) is 0.627. The number of nitrogens with zero attached hydrogens (tertiary/aromatic N) is 4. The van der Waals surface area contributed by atoms with E-state index in [9.17, 15) is 13.2 Å². The van der Waals surface area contributed by atoms with Gasteiger partial charge in [0.1, 0.15) is 11.4 Å². The van der Waals surface area contributed by atoms with Crippen LogP contribution in [0.1, 0.15) is 5.69 Å². The highest BCUT2D eigenvalue weighted by Gasteiger charge is 2.27. The Balaban J connectivity index is 1.90. The van der Waals surface area contributed by atoms with Crippen molar-refractivity contribution in [3.63, 3.8) is 0 Å². The lowest BCUT2D eigenvalue weighted by Crippen LogP contribution is -2.35. The van der Waals surface area contributed by atoms with E-state index in [1.807, 2.05) is 4.72 Å². The van der Waals surface area contributed by atoms with Crippen molar-refractivity contribution in [2.45, 2.75) is 11.9 Å². The van der Waals surface area contributed by atoms with Gasteiger partial charge in [0.05, 0.1) is 20.4 Å². The van der Waals surface area contributed by atoms with Gasteiger partial charge in [-0.1, -0.05) is 11.6 Å². The number of carbonyl (C=O) groups excluding carboxylic acids is 1. The van der Waals surface area contributed by atoms with E-state index in [0.717, 1.165) is 0 Å². The SMILES string of the molecule is COc1ccc2nc(Cl)c(S(=O)(=O)NC(=O)Nc3nc(C)cc(OC)n3)n2c1. The average molecular weight is 427 g/mol. The number of amides is 2. The number of methoxy groups -OCH3 is 2. The minimum atomic E-state index is -4.38. The number of hydrogen-bond donors (Lipinski definition) is 2. The second-order valence-electron chi connectivity index (χ2n) is 5.44. The van der Waals surface area contributed by atoms with Gasteiger partial charge in [0.2, 0.25) is 11.8 Å². The number of urea groups is 1. The van der Waals surface area contributed by atoms with Gasteiger partial charge in [-0.2, -0.15) is 13.4 Å². The number of aryl methyl sites for hydroxylation is 1. The van der Waals surface area contributed by atoms with E-state index in [1.54, 1.807) is 19.1 Å². The summed E-state index contributed by atoms with van der Waals surface area (Å²) >= 11 is 5.99. The van der Waals surface area contributed by atoms with Crippen LogP contribution in [0.4, 0.5) is 10.7 Å². The van der Waals surface area contributed by atoms with Gasteiger partial charge in [0, 0.05) is 11.8 Å². The Morgan fingerprint density at radius 2 is 1.93 bits per heavy atom. The third-order valence-corrected chi connectivity index (χ3v) is 5.22. The van der Waals surface area contributed by atoms with Crippen LogP contribution < -0.4 is 19.5 Å². The first-order chi connectivity index (χ1) is 13.2. The van der Waals surface area contributed by atoms with E-state index in [0.29, 0.717) is 11.4 Å². The fourth-order valence-corrected chi connectivity index (χ4v) is 3.88. The predicted molar refractivity (Wildman–Crippen MR) is 99.4 cm³/mol. The number of aromatic nitrogens is 4. The number of carbonyl (C=O) groups is 1. The molecule has 0 aliphatic carbocycles. The molecule has 0 aliphatic heterocycles. The van der Waals surface area contributed by atoms with Crippen molar-refractivity contribution in [1.82, 2.24) is 24.1 Å². The number of nitrogens with one attached hydrogen (secondary N) is 2. The summed E-state index contributed by atoms with van der Waals surface area (Å²) in [5, 5.41) is 1.52. The summed E-state index contributed by atoms with van der Waals surface area (Å²) in [5.74, 6) is 0.459. The van der Waals surface area contributed by atoms with Crippen molar-refractivity contribution in [3.05, 3.63) is 35.2 Å². The molecule has 0 fully saturated rings. The second-order valence-corrected chi connectivity index (χ2v) is 7.40. The Hall–Kier alpha value is -3.12. The van der Waals surface area contributed by atoms with Gasteiger partial charge < -0.3 is 9.47 Å². The monoisotopic (exact) mass is 426 g/mol. The lowest BCUT2D eigenvalue weighted by Gasteiger charge is -2.09. The van der Waals surface area contributed by atoms with Crippen LogP contribution in [0.2, 0.25) is 5.15 Å². The van der Waals surface area contributed by atoms with E-state index >= 15 is 0 Å². The summed E-state index contributed by atoms with van der Waals surface area (Å²) < 4.78 is 38.5. The van der Waals surface area contributed by atoms with E-state index in [2.05, 4.69) is 20.3 Å². The number of hydrogen-bond acceptors (Lipinski definition) is 8. The van der Waals surface area contributed by atoms with Crippen LogP contribution in [-0.4, -0.2) is 48.0 Å². The van der Waals surface area contributed by atoms with Crippen molar-refractivity contribution in [3.8, 4) is 11.6 Å². The standard InChI is InChI=1S/C15H15ClN6O5S/c1-8-6-11(27-3)19-14(17-8)20-15(23)21-28(24,25)13-12(16)18-10-5-4-9(26-2)7-22(10)13/h4-7H,1-3H3,(H2,17,19,20,21,23). The average Bonchev–Trinajstić information content (AvgIpc) is 2.95. The van der Waals surface area contributed by atoms with Gasteiger partial charge in [-0.3, -0.25) is 9.72 Å². The molecular formula is C15H15ClN6O5S. The summed E-state index contributed by atoms with van der Waals surface area (Å²) in [6.07, 6.45) is 1.38. The number of pyridine rings is 1. The molecule has 0 saturated heterocycles. The van der Waals surface area contributed by atoms with Crippen LogP contribution in [-0.2, 0) is 10.0 Å². The molecule has 0 aromatic carbocycles. The van der Waals surface area contributed by atoms with Gasteiger partial charge in [-0.15, -0.1) is 0 Å². The number of halogens is 1. The Kier molecular flexibility index (Phi) is 5.25. The molecule has 2 amide bonds. The summed E-state index contributed by atoms with van der Waals surface area (Å²) in [6, 6.07) is 3.58. The van der Waals surface area contributed by atoms with Crippen molar-refractivity contribution in [1.29, 1.82) is 0 Å². The molecule has 0 bridgehead atoms. The zero-order chi connectivity index (χ0) is 20.5. The van der Waals surface area contributed by atoms with Crippen LogP contribution in [0, 0.1) is 6.92 Å². The maximum absolute atomic E-state index is 12.7. The molecule has 0 saturated carbocycles. The molecule has 3 aromatic rings. The molecule has 0 aliphatic rings. The molecule has 0 radical (unpaired) electrons. The molecular weight excluding hydrogens is 412 g/mol. The predicted octanol–water partition coefficient (Wildman–Crippen LogP) is 1.61. The third-order valence-electron chi connectivity index (χ3n) is 3.49. The molecule has 148 valence electrons. The van der Waals surface area contributed by atoms with Crippen molar-refractivity contribution >= 4 is 39.3 Å². The second kappa shape index (κ2) is 7.48. The van der Waals surface area contributed by atoms with Crippen molar-refractivity contribution in [2.24, 2.45) is 0 Å². The minimum Gasteiger partial charge on any atom is -0.495 e. The lowest BCUT2D eigenvalue weighted by atomic mass is 10.4. The molecule has 11 nitrogen and oxygen atoms in total. The van der Waals surface area contributed by atoms with Crippen LogP contribution >= 0.6 is 11.6 Å². The van der Waals surface area contributed by atoms with Crippen molar-refractivity contribution < 1.29 is 22.7 Å². The highest BCUT2D eigenvalue weighted by molar-refractivity contribution is 7.90. The number of ether oxygens (including phenoxy) is 2. The van der Waals surface area contributed by atoms with E-state index in [1.165, 1.54) is 30.9 Å². The maximum atomic E-state index is 12.7. The van der Waals surface area contributed by atoms with Gasteiger partial charge in [-0.25, -0.2) is 19.5 Å². The fraction of sp³-hybridized carbons (Fsp3) is 0.200. The minimum absolute atomic E-state index is 0.129. The molecule has 28 heavy (non-hydrogen) atoms. The van der Waals surface area contributed by atoms with Crippen LogP contribution in [0.25, 0.3) is 5.65 Å². The molecule has 3 rings (SSSR count). The van der Waals surface area contributed by atoms with Gasteiger partial charge >= 0.3 is 6.03 Å². The molecule has 0 unspecified atom stereocenters. The summed E-state index contributed by atoms with van der Waals surface area (Å²) in [5.41, 5.74) is 0.778. The number of anilines is 1. The highest BCUT2D eigenvalue weighted by atomic mass is 35.5. The van der Waals surface area contributed by atoms with Crippen LogP contribution in [0.15, 0.2) is 29.4 Å². The molecule has 3 heterocycles. The largest absolute Gasteiger partial charge is 0.495 e. The third kappa shape index (κ3) is 3.92. The molecule has 3 aromatic heterocycles. The maximum Gasteiger partial charge on any atom is 0.335 e. The zero-order valence-electron chi connectivity index (χ0n) is 14.9. The summed E-state index contributed by atoms with van der Waals surface area (Å²) in [6.45, 7) is 1.66. The van der Waals surface area contributed by atoms with E-state index < -0.39 is 21.1 Å². The molecule has 0 atom stereocenters. The van der Waals surface area contributed by atoms with E-state index in [4.69, 9.17) is 21.1 Å². The fourth-order valence-electron chi connectivity index (χ4n) is 2.33. The van der Waals surface area contributed by atoms with Crippen molar-refractivity contribution in [2.75, 3.05) is 19.5 Å². The highest BCUT2D eigenvalue weighted by Crippen LogP contribution is 2.25. The lowest BCUT2D eigenvalue weighted by molar-refractivity contribution is 0.256. The van der Waals surface area contributed by atoms with Gasteiger partial charge in [0.15, 0.2) is 10.2 Å². The number of rotatable bonds is 5. The summed E-state index contributed by atoms with van der Waals surface area (Å²) in [7, 11) is -1.55. The van der Waals surface area contributed by atoms with Crippen LogP contribution in [0.3, 0.4) is 0 Å². The van der Waals surface area contributed by atoms with E-state index in [-0.39, 0.29) is 22.6 Å². The summed E-state index contributed by atoms with van der Waals surface area (Å²) in [4.78, 5) is 24.0. The zero-order valence-corrected chi connectivity index (χ0v) is 16.5. The molecule has 2 N–H and O–H groups in total. The van der Waals surface area contributed by atoms with Gasteiger partial charge in [0.25, 0.3) is 10.0 Å². The first-order valence-corrected chi connectivity index (χ1v) is 9.54. The Labute approximate surface area is 164 Å². The number of sulfonamides is 1. The van der Waals surface area contributed by atoms with Gasteiger partial charge in [-0.05, 0) is 19.1 Å². The Bertz CT molecular complexity index is 1160. The smallest absolute Gasteiger partial charge is 0.335 e. The van der Waals surface area contributed by atoms with Crippen LogP contribution in [0.5, 0.6) is 11.6 Å². The Morgan fingerprint density at radius 1 is 1.18 bits per heavy atom. The molecule has 0 spiro atoms. The number of imidazole rings is 1. The normalized spacial score (nSPS) is 11.3. The Morgan fingerprint density at radius 3 is 2.61 bits per heavy atom. The topological polar surface area (TPSA) is 137 Å². The number of fused-ring (bicyclic) bond motifs is 1. The first kappa shape index (κ1) is 19.6. The molecule has 13 heteroatoms.